The summed E-state index contributed by atoms with van der Waals surface area (Å²) < 4.78 is 0. The van der Waals surface area contributed by atoms with Crippen LogP contribution in [0.5, 0.6) is 0 Å². The molecule has 2 aliphatic rings. The second kappa shape index (κ2) is 4.74. The van der Waals surface area contributed by atoms with E-state index in [2.05, 4.69) is 24.1 Å². The zero-order valence-electron chi connectivity index (χ0n) is 9.53. The maximum atomic E-state index is 11.8. The van der Waals surface area contributed by atoms with Crippen molar-refractivity contribution in [3.63, 3.8) is 0 Å². The third-order valence-electron chi connectivity index (χ3n) is 3.11. The number of thioether (sulfide) groups is 1. The molecule has 0 aliphatic carbocycles. The highest BCUT2D eigenvalue weighted by molar-refractivity contribution is 7.99. The molecule has 2 rings (SSSR count). The van der Waals surface area contributed by atoms with Gasteiger partial charge in [-0.1, -0.05) is 13.8 Å². The highest BCUT2D eigenvalue weighted by atomic mass is 32.2. The van der Waals surface area contributed by atoms with E-state index < -0.39 is 0 Å². The minimum absolute atomic E-state index is 0.293. The van der Waals surface area contributed by atoms with Crippen molar-refractivity contribution < 1.29 is 4.79 Å². The minimum atomic E-state index is 0.293. The Kier molecular flexibility index (Phi) is 3.57. The Morgan fingerprint density at radius 2 is 2.40 bits per heavy atom. The molecule has 0 radical (unpaired) electrons. The summed E-state index contributed by atoms with van der Waals surface area (Å²) in [5.41, 5.74) is 0. The molecule has 2 atom stereocenters. The lowest BCUT2D eigenvalue weighted by Crippen LogP contribution is -2.45. The fraction of sp³-hybridized carbons (Fsp3) is 0.909. The van der Waals surface area contributed by atoms with E-state index >= 15 is 0 Å². The van der Waals surface area contributed by atoms with Crippen molar-refractivity contribution in [3.05, 3.63) is 0 Å². The molecule has 0 aromatic carbocycles. The van der Waals surface area contributed by atoms with Crippen molar-refractivity contribution >= 4 is 17.7 Å². The summed E-state index contributed by atoms with van der Waals surface area (Å²) in [6.45, 7) is 4.97. The molecule has 2 fully saturated rings. The molecule has 3 nitrogen and oxygen atoms in total. The van der Waals surface area contributed by atoms with Crippen LogP contribution in [0.15, 0.2) is 0 Å². The van der Waals surface area contributed by atoms with Gasteiger partial charge < -0.3 is 4.90 Å². The highest BCUT2D eigenvalue weighted by Gasteiger charge is 2.37. The summed E-state index contributed by atoms with van der Waals surface area (Å²) >= 11 is 1.97. The fourth-order valence-electron chi connectivity index (χ4n) is 2.41. The van der Waals surface area contributed by atoms with Gasteiger partial charge in [-0.25, -0.2) is 0 Å². The van der Waals surface area contributed by atoms with Crippen LogP contribution in [0.3, 0.4) is 0 Å². The third kappa shape index (κ3) is 2.48. The van der Waals surface area contributed by atoms with E-state index in [0.29, 0.717) is 30.6 Å². The van der Waals surface area contributed by atoms with Crippen LogP contribution in [-0.2, 0) is 4.79 Å². The molecular formula is C11H20N2OS. The van der Waals surface area contributed by atoms with Crippen molar-refractivity contribution in [1.29, 1.82) is 0 Å². The molecule has 0 spiro atoms. The zero-order valence-corrected chi connectivity index (χ0v) is 10.3. The van der Waals surface area contributed by atoms with Crippen molar-refractivity contribution in [3.8, 4) is 0 Å². The number of nitrogens with one attached hydrogen (secondary N) is 1. The first-order valence-corrected chi connectivity index (χ1v) is 6.96. The van der Waals surface area contributed by atoms with Gasteiger partial charge in [0.25, 0.3) is 0 Å². The average Bonchev–Trinajstić information content (AvgIpc) is 2.74. The summed E-state index contributed by atoms with van der Waals surface area (Å²) in [4.78, 5) is 13.9. The van der Waals surface area contributed by atoms with E-state index in [-0.39, 0.29) is 0 Å². The first-order valence-electron chi connectivity index (χ1n) is 5.80. The smallest absolute Gasteiger partial charge is 0.238 e. The van der Waals surface area contributed by atoms with E-state index in [1.165, 1.54) is 12.2 Å². The Morgan fingerprint density at radius 3 is 3.00 bits per heavy atom. The molecule has 2 unspecified atom stereocenters. The molecular weight excluding hydrogens is 208 g/mol. The Labute approximate surface area is 96.0 Å². The maximum Gasteiger partial charge on any atom is 0.238 e. The SMILES string of the molecule is CC(C)CC1NCC(=O)N1C1CCSC1. The van der Waals surface area contributed by atoms with Gasteiger partial charge in [0.2, 0.25) is 5.91 Å². The number of rotatable bonds is 3. The van der Waals surface area contributed by atoms with E-state index in [9.17, 15) is 4.79 Å². The summed E-state index contributed by atoms with van der Waals surface area (Å²) in [7, 11) is 0. The fourth-order valence-corrected chi connectivity index (χ4v) is 3.62. The molecule has 2 aliphatic heterocycles. The molecule has 0 aromatic heterocycles. The number of amides is 1. The topological polar surface area (TPSA) is 32.3 Å². The van der Waals surface area contributed by atoms with E-state index in [0.717, 1.165) is 12.2 Å². The van der Waals surface area contributed by atoms with Crippen LogP contribution < -0.4 is 5.32 Å². The van der Waals surface area contributed by atoms with Gasteiger partial charge in [-0.2, -0.15) is 11.8 Å². The van der Waals surface area contributed by atoms with Gasteiger partial charge in [0.15, 0.2) is 0 Å². The number of nitrogens with zero attached hydrogens (tertiary/aromatic N) is 1. The zero-order chi connectivity index (χ0) is 10.8. The molecule has 2 heterocycles. The van der Waals surface area contributed by atoms with Gasteiger partial charge in [-0.3, -0.25) is 10.1 Å². The molecule has 1 amide bonds. The lowest BCUT2D eigenvalue weighted by Gasteiger charge is -2.30. The minimum Gasteiger partial charge on any atom is -0.322 e. The van der Waals surface area contributed by atoms with Crippen molar-refractivity contribution in [2.45, 2.75) is 38.9 Å². The quantitative estimate of drug-likeness (QED) is 0.790. The predicted octanol–water partition coefficient (Wildman–Crippen LogP) is 1.30. The number of hydrogen-bond acceptors (Lipinski definition) is 3. The molecule has 0 bridgehead atoms. The summed E-state index contributed by atoms with van der Waals surface area (Å²) in [5.74, 6) is 3.28. The van der Waals surface area contributed by atoms with Crippen molar-refractivity contribution in [1.82, 2.24) is 10.2 Å². The summed E-state index contributed by atoms with van der Waals surface area (Å²) in [5, 5.41) is 3.33. The lowest BCUT2D eigenvalue weighted by atomic mass is 10.1. The number of hydrogen-bond donors (Lipinski definition) is 1. The van der Waals surface area contributed by atoms with Crippen LogP contribution in [0, 0.1) is 5.92 Å². The van der Waals surface area contributed by atoms with E-state index in [4.69, 9.17) is 0 Å². The van der Waals surface area contributed by atoms with Crippen LogP contribution in [0.4, 0.5) is 0 Å². The normalized spacial score (nSPS) is 31.9. The van der Waals surface area contributed by atoms with E-state index in [1.807, 2.05) is 11.8 Å². The van der Waals surface area contributed by atoms with Crippen LogP contribution in [0.1, 0.15) is 26.7 Å². The van der Waals surface area contributed by atoms with Gasteiger partial charge in [0.1, 0.15) is 0 Å². The first-order chi connectivity index (χ1) is 7.18. The van der Waals surface area contributed by atoms with Gasteiger partial charge in [-0.15, -0.1) is 0 Å². The number of carbonyl (C=O) groups excluding carboxylic acids is 1. The largest absolute Gasteiger partial charge is 0.322 e. The van der Waals surface area contributed by atoms with Crippen LogP contribution in [-0.4, -0.2) is 41.1 Å². The average molecular weight is 228 g/mol. The van der Waals surface area contributed by atoms with Gasteiger partial charge in [-0.05, 0) is 24.5 Å². The second-order valence-corrected chi connectivity index (χ2v) is 5.99. The Hall–Kier alpha value is -0.220. The van der Waals surface area contributed by atoms with Gasteiger partial charge in [0, 0.05) is 11.8 Å². The maximum absolute atomic E-state index is 11.8. The van der Waals surface area contributed by atoms with Gasteiger partial charge in [0.05, 0.1) is 12.7 Å². The van der Waals surface area contributed by atoms with Crippen molar-refractivity contribution in [2.75, 3.05) is 18.1 Å². The summed E-state index contributed by atoms with van der Waals surface area (Å²) in [6, 6.07) is 0.487. The monoisotopic (exact) mass is 228 g/mol. The number of carbonyl (C=O) groups is 1. The second-order valence-electron chi connectivity index (χ2n) is 4.84. The molecule has 1 N–H and O–H groups in total. The van der Waals surface area contributed by atoms with Crippen molar-refractivity contribution in [2.24, 2.45) is 5.92 Å². The molecule has 0 saturated carbocycles. The summed E-state index contributed by atoms with van der Waals surface area (Å²) in [6.07, 6.45) is 2.54. The molecule has 15 heavy (non-hydrogen) atoms. The standard InChI is InChI=1S/C11H20N2OS/c1-8(2)5-10-12-6-11(14)13(10)9-3-4-15-7-9/h8-10,12H,3-7H2,1-2H3. The van der Waals surface area contributed by atoms with Crippen LogP contribution in [0.25, 0.3) is 0 Å². The Bertz CT molecular complexity index is 239. The predicted molar refractivity (Wildman–Crippen MR) is 63.8 cm³/mol. The van der Waals surface area contributed by atoms with Gasteiger partial charge >= 0.3 is 0 Å². The van der Waals surface area contributed by atoms with Crippen LogP contribution >= 0.6 is 11.8 Å². The van der Waals surface area contributed by atoms with E-state index in [1.54, 1.807) is 0 Å². The Morgan fingerprint density at radius 1 is 1.60 bits per heavy atom. The lowest BCUT2D eigenvalue weighted by molar-refractivity contribution is -0.129. The highest BCUT2D eigenvalue weighted by Crippen LogP contribution is 2.27. The molecule has 0 aromatic rings. The van der Waals surface area contributed by atoms with Crippen LogP contribution in [0.2, 0.25) is 0 Å². The Balaban J connectivity index is 2.00. The first kappa shape index (κ1) is 11.3. The molecule has 86 valence electrons. The molecule has 4 heteroatoms. The molecule has 2 saturated heterocycles. The third-order valence-corrected chi connectivity index (χ3v) is 4.25.